The zero-order valence-electron chi connectivity index (χ0n) is 55.6. The summed E-state index contributed by atoms with van der Waals surface area (Å²) in [6, 6.07) is 138. The first kappa shape index (κ1) is 58.7. The second-order valence-corrected chi connectivity index (χ2v) is 26.8. The van der Waals surface area contributed by atoms with Crippen molar-refractivity contribution in [3.05, 3.63) is 376 Å². The van der Waals surface area contributed by atoms with E-state index in [-0.39, 0.29) is 0 Å². The fourth-order valence-corrected chi connectivity index (χ4v) is 16.5. The van der Waals surface area contributed by atoms with Crippen LogP contribution in [0, 0.1) is 0 Å². The zero-order valence-corrected chi connectivity index (χ0v) is 55.6. The van der Waals surface area contributed by atoms with Crippen LogP contribution in [0.4, 0.5) is 0 Å². The summed E-state index contributed by atoms with van der Waals surface area (Å²) in [7, 11) is 0. The molecule has 0 fully saturated rings. The molecule has 20 rings (SSSR count). The van der Waals surface area contributed by atoms with Crippen LogP contribution in [0.25, 0.3) is 209 Å². The van der Waals surface area contributed by atoms with Gasteiger partial charge in [0.15, 0.2) is 0 Å². The van der Waals surface area contributed by atoms with Gasteiger partial charge in [-0.2, -0.15) is 0 Å². The Morgan fingerprint density at radius 1 is 0.137 bits per heavy atom. The maximum Gasteiger partial charge on any atom is 0.143 e. The third-order valence-electron chi connectivity index (χ3n) is 21.1. The summed E-state index contributed by atoms with van der Waals surface area (Å²) in [6.07, 6.45) is 0. The van der Waals surface area contributed by atoms with Gasteiger partial charge in [0, 0.05) is 27.1 Å². The lowest BCUT2D eigenvalue weighted by atomic mass is 9.81. The lowest BCUT2D eigenvalue weighted by Gasteiger charge is -2.21. The molecule has 0 aliphatic heterocycles. The van der Waals surface area contributed by atoms with Crippen molar-refractivity contribution in [1.82, 2.24) is 0 Å². The number of hydrogen-bond donors (Lipinski definition) is 0. The summed E-state index contributed by atoms with van der Waals surface area (Å²) in [6.45, 7) is 0. The van der Waals surface area contributed by atoms with Crippen LogP contribution in [-0.2, 0) is 0 Å². The van der Waals surface area contributed by atoms with Crippen molar-refractivity contribution in [2.24, 2.45) is 0 Å². The van der Waals surface area contributed by atoms with Gasteiger partial charge in [-0.15, -0.1) is 0 Å². The molecule has 0 radical (unpaired) electrons. The predicted octanol–water partition coefficient (Wildman–Crippen LogP) is 28.4. The smallest absolute Gasteiger partial charge is 0.143 e. The first-order valence-electron chi connectivity index (χ1n) is 35.1. The topological polar surface area (TPSA) is 26.3 Å². The highest BCUT2D eigenvalue weighted by atomic mass is 16.3. The molecule has 0 atom stereocenters. The molecule has 0 saturated carbocycles. The summed E-state index contributed by atoms with van der Waals surface area (Å²) in [5, 5.41) is 13.8. The van der Waals surface area contributed by atoms with E-state index < -0.39 is 0 Å². The maximum atomic E-state index is 7.34. The molecule has 2 aromatic heterocycles. The Balaban J connectivity index is 0.816. The van der Waals surface area contributed by atoms with E-state index in [0.717, 1.165) is 121 Å². The van der Waals surface area contributed by atoms with Crippen molar-refractivity contribution in [2.75, 3.05) is 0 Å². The van der Waals surface area contributed by atoms with Crippen LogP contribution in [0.1, 0.15) is 0 Å². The van der Waals surface area contributed by atoms with Gasteiger partial charge in [-0.05, 0) is 215 Å². The highest BCUT2D eigenvalue weighted by Gasteiger charge is 2.25. The highest BCUT2D eigenvalue weighted by Crippen LogP contribution is 2.52. The summed E-state index contributed by atoms with van der Waals surface area (Å²) in [5.74, 6) is 0. The summed E-state index contributed by atoms with van der Waals surface area (Å²) < 4.78 is 13.9. The molecule has 0 spiro atoms. The molecule has 474 valence electrons. The van der Waals surface area contributed by atoms with Crippen molar-refractivity contribution in [3.8, 4) is 122 Å². The molecule has 2 heteroatoms. The van der Waals surface area contributed by atoms with Gasteiger partial charge >= 0.3 is 0 Å². The average Bonchev–Trinajstić information content (AvgIpc) is 0.802. The normalized spacial score (nSPS) is 11.7. The van der Waals surface area contributed by atoms with Crippen LogP contribution in [-0.4, -0.2) is 0 Å². The van der Waals surface area contributed by atoms with Crippen LogP contribution in [0.5, 0.6) is 0 Å². The molecule has 0 N–H and O–H groups in total. The molecule has 0 bridgehead atoms. The highest BCUT2D eigenvalue weighted by molar-refractivity contribution is 6.26. The van der Waals surface area contributed by atoms with Gasteiger partial charge in [-0.1, -0.05) is 322 Å². The Morgan fingerprint density at radius 2 is 0.451 bits per heavy atom. The van der Waals surface area contributed by atoms with Crippen LogP contribution < -0.4 is 0 Å². The number of benzene rings is 18. The van der Waals surface area contributed by atoms with Gasteiger partial charge in [0.2, 0.25) is 0 Å². The molecule has 18 aromatic carbocycles. The first-order chi connectivity index (χ1) is 50.6. The van der Waals surface area contributed by atoms with Crippen LogP contribution in [0.3, 0.4) is 0 Å². The van der Waals surface area contributed by atoms with Crippen molar-refractivity contribution in [3.63, 3.8) is 0 Å². The van der Waals surface area contributed by atoms with Gasteiger partial charge in [0.1, 0.15) is 22.3 Å². The van der Waals surface area contributed by atoms with E-state index in [4.69, 9.17) is 8.83 Å². The minimum atomic E-state index is 0.836. The monoisotopic (exact) mass is 1290 g/mol. The van der Waals surface area contributed by atoms with E-state index in [1.165, 1.54) is 88.3 Å². The predicted molar refractivity (Wildman–Crippen MR) is 431 cm³/mol. The molecule has 0 aliphatic rings. The van der Waals surface area contributed by atoms with Gasteiger partial charge in [-0.3, -0.25) is 0 Å². The Morgan fingerprint density at radius 3 is 0.971 bits per heavy atom. The van der Waals surface area contributed by atoms with Crippen molar-refractivity contribution in [2.45, 2.75) is 0 Å². The number of furan rings is 2. The van der Waals surface area contributed by atoms with E-state index >= 15 is 0 Å². The van der Waals surface area contributed by atoms with Gasteiger partial charge in [0.25, 0.3) is 0 Å². The summed E-state index contributed by atoms with van der Waals surface area (Å²) in [4.78, 5) is 0. The minimum absolute atomic E-state index is 0.836. The lowest BCUT2D eigenvalue weighted by molar-refractivity contribution is 0.669. The second-order valence-electron chi connectivity index (χ2n) is 26.8. The molecule has 20 aromatic rings. The molecular formula is C100H62O2. The molecule has 102 heavy (non-hydrogen) atoms. The summed E-state index contributed by atoms with van der Waals surface area (Å²) in [5.41, 5.74) is 28.8. The Labute approximate surface area is 590 Å². The summed E-state index contributed by atoms with van der Waals surface area (Å²) >= 11 is 0. The number of hydrogen-bond acceptors (Lipinski definition) is 2. The molecular weight excluding hydrogens is 1230 g/mol. The SMILES string of the molecule is c1ccc(-c2cccc(-c3c4ccccc4c(-c4cccc(-c5ccccc5)c4)c4cc(-c5cccc6oc7c(-c8ccc9c(-c%10cccc(-c%11ccccc%11)c%10)c%10cc(-c%11cccc%12oc%13ccccc%13c%11%12)ccc%10c(-c%10ccccc%10-c%10ccccc%10)c9c8)cccc7c56)ccc34)c2)cc1. The minimum Gasteiger partial charge on any atom is -0.456 e. The van der Waals surface area contributed by atoms with Crippen molar-refractivity contribution >= 4 is 87.0 Å². The van der Waals surface area contributed by atoms with E-state index in [9.17, 15) is 0 Å². The molecule has 0 saturated heterocycles. The Bertz CT molecular complexity index is 6720. The van der Waals surface area contributed by atoms with Crippen LogP contribution >= 0.6 is 0 Å². The number of fused-ring (bicyclic) bond motifs is 10. The van der Waals surface area contributed by atoms with E-state index in [1.54, 1.807) is 0 Å². The van der Waals surface area contributed by atoms with Crippen molar-refractivity contribution < 1.29 is 8.83 Å². The number of para-hydroxylation sites is 2. The lowest BCUT2D eigenvalue weighted by Crippen LogP contribution is -1.94. The van der Waals surface area contributed by atoms with Crippen molar-refractivity contribution in [1.29, 1.82) is 0 Å². The van der Waals surface area contributed by atoms with Crippen LogP contribution in [0.15, 0.2) is 385 Å². The molecule has 0 aliphatic carbocycles. The second kappa shape index (κ2) is 24.2. The fraction of sp³-hybridized carbons (Fsp3) is 0. The van der Waals surface area contributed by atoms with Gasteiger partial charge in [-0.25, -0.2) is 0 Å². The first-order valence-corrected chi connectivity index (χ1v) is 35.1. The van der Waals surface area contributed by atoms with Gasteiger partial charge in [0.05, 0.1) is 0 Å². The Kier molecular flexibility index (Phi) is 14.0. The zero-order chi connectivity index (χ0) is 67.2. The molecule has 0 unspecified atom stereocenters. The Hall–Kier alpha value is -13.4. The third kappa shape index (κ3) is 9.79. The average molecular weight is 1300 g/mol. The molecule has 2 heterocycles. The number of rotatable bonds is 11. The van der Waals surface area contributed by atoms with E-state index in [1.807, 2.05) is 6.07 Å². The molecule has 0 amide bonds. The molecule has 2 nitrogen and oxygen atoms in total. The fourth-order valence-electron chi connectivity index (χ4n) is 16.5. The van der Waals surface area contributed by atoms with E-state index in [2.05, 4.69) is 370 Å². The van der Waals surface area contributed by atoms with E-state index in [0.29, 0.717) is 0 Å². The van der Waals surface area contributed by atoms with Gasteiger partial charge < -0.3 is 8.83 Å². The largest absolute Gasteiger partial charge is 0.456 e. The third-order valence-corrected chi connectivity index (χ3v) is 21.1. The standard InChI is InChI=1S/C100H62O2/c1-5-25-63(26-6-1)67-33-19-36-73(57-67)94-81-41-15-16-42-82(81)95(74-37-20-34-68(58-74)64-27-7-2-8-28-64)88-60-71(51-54-83(88)94)78-45-24-50-93-99(78)87-47-22-46-79(100(87)102-93)72-53-55-84-90(62-72)97(80-40-14-13-39-76(80)66-31-11-4-12-32-66)85-56-52-70(77-44-23-49-92-98(77)86-43-17-18-48-91(86)101-92)61-89(85)96(84)75-38-21-35-69(59-75)65-29-9-3-10-30-65/h1-62H. The van der Waals surface area contributed by atoms with Crippen LogP contribution in [0.2, 0.25) is 0 Å². The quantitative estimate of drug-likeness (QED) is 0.121. The maximum absolute atomic E-state index is 7.34.